The van der Waals surface area contributed by atoms with Gasteiger partial charge in [0.2, 0.25) is 0 Å². The number of fused-ring (bicyclic) bond motifs is 1. The first-order valence-corrected chi connectivity index (χ1v) is 11.8. The van der Waals surface area contributed by atoms with Crippen molar-refractivity contribution in [2.45, 2.75) is 19.9 Å². The number of hydrogen-bond donors (Lipinski definition) is 1. The number of hydrogen-bond acceptors (Lipinski definition) is 6. The van der Waals surface area contributed by atoms with E-state index in [9.17, 15) is 14.7 Å². The molecule has 0 bridgehead atoms. The number of aromatic nitrogens is 1. The first-order valence-electron chi connectivity index (χ1n) is 9.84. The predicted octanol–water partition coefficient (Wildman–Crippen LogP) is 4.46. The molecular weight excluding hydrogens is 507 g/mol. The Morgan fingerprint density at radius 1 is 1.21 bits per heavy atom. The van der Waals surface area contributed by atoms with E-state index in [-0.39, 0.29) is 28.5 Å². The Bertz CT molecular complexity index is 1470. The number of nitrogens with zero attached hydrogens (tertiary/aromatic N) is 2. The lowest BCUT2D eigenvalue weighted by Crippen LogP contribution is -2.39. The smallest absolute Gasteiger partial charge is 0.338 e. The van der Waals surface area contributed by atoms with Crippen LogP contribution in [0.15, 0.2) is 57.5 Å². The SMILES string of the molecule is CCOC(=O)C1=C(C)N=c2s/c(=C\c3cc(Cl)cc(Cl)c3O)c(=O)n2C1c1ccc(Cl)cc1. The molecule has 1 unspecified atom stereocenters. The third-order valence-corrected chi connectivity index (χ3v) is 6.79. The second-order valence-electron chi connectivity index (χ2n) is 7.18. The van der Waals surface area contributed by atoms with Gasteiger partial charge < -0.3 is 9.84 Å². The summed E-state index contributed by atoms with van der Waals surface area (Å²) in [6.07, 6.45) is 1.50. The maximum absolute atomic E-state index is 13.5. The van der Waals surface area contributed by atoms with Gasteiger partial charge in [-0.3, -0.25) is 9.36 Å². The zero-order chi connectivity index (χ0) is 23.9. The number of carbonyl (C=O) groups excluding carboxylic acids is 1. The minimum Gasteiger partial charge on any atom is -0.506 e. The van der Waals surface area contributed by atoms with E-state index in [1.807, 2.05) is 0 Å². The van der Waals surface area contributed by atoms with E-state index in [0.29, 0.717) is 36.2 Å². The van der Waals surface area contributed by atoms with Crippen LogP contribution in [-0.2, 0) is 9.53 Å². The first kappa shape index (κ1) is 23.6. The summed E-state index contributed by atoms with van der Waals surface area (Å²) in [4.78, 5) is 31.3. The molecule has 0 radical (unpaired) electrons. The average Bonchev–Trinajstić information content (AvgIpc) is 3.06. The lowest BCUT2D eigenvalue weighted by molar-refractivity contribution is -0.139. The van der Waals surface area contributed by atoms with Gasteiger partial charge in [-0.25, -0.2) is 9.79 Å². The van der Waals surface area contributed by atoms with E-state index < -0.39 is 12.0 Å². The van der Waals surface area contributed by atoms with Crippen molar-refractivity contribution >= 4 is 58.2 Å². The van der Waals surface area contributed by atoms with Crippen LogP contribution in [0.5, 0.6) is 5.75 Å². The van der Waals surface area contributed by atoms with Crippen LogP contribution < -0.4 is 14.9 Å². The maximum Gasteiger partial charge on any atom is 0.338 e. The molecule has 0 amide bonds. The van der Waals surface area contributed by atoms with Crippen LogP contribution in [0.2, 0.25) is 15.1 Å². The molecule has 0 spiro atoms. The molecule has 6 nitrogen and oxygen atoms in total. The van der Waals surface area contributed by atoms with Gasteiger partial charge in [-0.05, 0) is 49.8 Å². The molecule has 170 valence electrons. The first-order chi connectivity index (χ1) is 15.7. The van der Waals surface area contributed by atoms with Gasteiger partial charge in [0.25, 0.3) is 5.56 Å². The topological polar surface area (TPSA) is 80.9 Å². The molecular formula is C23H17Cl3N2O4S. The molecule has 3 aromatic rings. The van der Waals surface area contributed by atoms with E-state index in [0.717, 1.165) is 11.3 Å². The Hall–Kier alpha value is -2.58. The quantitative estimate of drug-likeness (QED) is 0.512. The lowest BCUT2D eigenvalue weighted by atomic mass is 9.96. The number of allylic oxidation sites excluding steroid dienone is 1. The minimum atomic E-state index is -0.753. The maximum atomic E-state index is 13.5. The number of halogens is 3. The van der Waals surface area contributed by atoms with E-state index in [1.54, 1.807) is 38.1 Å². The van der Waals surface area contributed by atoms with Gasteiger partial charge in [-0.2, -0.15) is 0 Å². The molecule has 33 heavy (non-hydrogen) atoms. The molecule has 2 heterocycles. The number of phenolic OH excluding ortho intramolecular Hbond substituents is 1. The van der Waals surface area contributed by atoms with Gasteiger partial charge in [-0.15, -0.1) is 0 Å². The molecule has 10 heteroatoms. The summed E-state index contributed by atoms with van der Waals surface area (Å²) in [6.45, 7) is 3.60. The number of phenols is 1. The molecule has 0 saturated carbocycles. The number of rotatable bonds is 4. The third kappa shape index (κ3) is 4.46. The Kier molecular flexibility index (Phi) is 6.68. The molecule has 0 fully saturated rings. The average molecular weight is 524 g/mol. The van der Waals surface area contributed by atoms with Crippen molar-refractivity contribution in [1.29, 1.82) is 0 Å². The van der Waals surface area contributed by atoms with Gasteiger partial charge in [0.05, 0.1) is 33.5 Å². The van der Waals surface area contributed by atoms with Gasteiger partial charge in [0.1, 0.15) is 5.75 Å². The largest absolute Gasteiger partial charge is 0.506 e. The standard InChI is InChI=1S/C23H17Cl3N2O4S/c1-3-32-22(31)18-11(2)27-23-28(19(18)12-4-6-14(24)7-5-12)21(30)17(33-23)9-13-8-15(25)10-16(26)20(13)29/h4-10,19,29H,3H2,1-2H3/b17-9-. The highest BCUT2D eigenvalue weighted by molar-refractivity contribution is 7.07. The Morgan fingerprint density at radius 2 is 1.91 bits per heavy atom. The van der Waals surface area contributed by atoms with Crippen molar-refractivity contribution in [2.24, 2.45) is 4.99 Å². The highest BCUT2D eigenvalue weighted by atomic mass is 35.5. The monoisotopic (exact) mass is 522 g/mol. The summed E-state index contributed by atoms with van der Waals surface area (Å²) in [6, 6.07) is 9.05. The fraction of sp³-hybridized carbons (Fsp3) is 0.174. The molecule has 1 aliphatic rings. The molecule has 1 aromatic heterocycles. The molecule has 2 aromatic carbocycles. The van der Waals surface area contributed by atoms with Crippen LogP contribution in [0, 0.1) is 0 Å². The van der Waals surface area contributed by atoms with Crippen LogP contribution >= 0.6 is 46.1 Å². The summed E-state index contributed by atoms with van der Waals surface area (Å²) >= 11 is 19.3. The van der Waals surface area contributed by atoms with Gasteiger partial charge in [-0.1, -0.05) is 58.3 Å². The van der Waals surface area contributed by atoms with Crippen LogP contribution in [0.25, 0.3) is 6.08 Å². The van der Waals surface area contributed by atoms with E-state index in [4.69, 9.17) is 39.5 Å². The normalized spacial score (nSPS) is 15.9. The summed E-state index contributed by atoms with van der Waals surface area (Å²) in [5.74, 6) is -0.739. The number of thiazole rings is 1. The van der Waals surface area contributed by atoms with Crippen LogP contribution in [0.3, 0.4) is 0 Å². The molecule has 1 atom stereocenters. The van der Waals surface area contributed by atoms with Crippen molar-refractivity contribution in [3.63, 3.8) is 0 Å². The van der Waals surface area contributed by atoms with Crippen molar-refractivity contribution in [2.75, 3.05) is 6.61 Å². The molecule has 1 aliphatic heterocycles. The number of esters is 1. The van der Waals surface area contributed by atoms with Gasteiger partial charge in [0, 0.05) is 15.6 Å². The summed E-state index contributed by atoms with van der Waals surface area (Å²) in [5.41, 5.74) is 1.31. The van der Waals surface area contributed by atoms with Crippen molar-refractivity contribution < 1.29 is 14.6 Å². The van der Waals surface area contributed by atoms with Crippen LogP contribution in [0.4, 0.5) is 0 Å². The summed E-state index contributed by atoms with van der Waals surface area (Å²) in [5, 5.41) is 11.2. The number of benzene rings is 2. The molecule has 4 rings (SSSR count). The second kappa shape index (κ2) is 9.35. The fourth-order valence-electron chi connectivity index (χ4n) is 3.59. The summed E-state index contributed by atoms with van der Waals surface area (Å²) in [7, 11) is 0. The zero-order valence-electron chi connectivity index (χ0n) is 17.4. The van der Waals surface area contributed by atoms with E-state index in [1.165, 1.54) is 22.8 Å². The number of ether oxygens (including phenoxy) is 1. The van der Waals surface area contributed by atoms with Crippen molar-refractivity contribution in [3.05, 3.63) is 93.6 Å². The zero-order valence-corrected chi connectivity index (χ0v) is 20.5. The number of carbonyl (C=O) groups is 1. The Balaban J connectivity index is 1.98. The predicted molar refractivity (Wildman–Crippen MR) is 130 cm³/mol. The highest BCUT2D eigenvalue weighted by Crippen LogP contribution is 2.33. The summed E-state index contributed by atoms with van der Waals surface area (Å²) < 4.78 is 7.00. The van der Waals surface area contributed by atoms with E-state index >= 15 is 0 Å². The Labute approximate surface area is 207 Å². The minimum absolute atomic E-state index is 0.0704. The third-order valence-electron chi connectivity index (χ3n) is 5.05. The molecule has 1 N–H and O–H groups in total. The Morgan fingerprint density at radius 3 is 2.58 bits per heavy atom. The highest BCUT2D eigenvalue weighted by Gasteiger charge is 2.33. The number of aromatic hydroxyl groups is 1. The lowest BCUT2D eigenvalue weighted by Gasteiger charge is -2.24. The van der Waals surface area contributed by atoms with E-state index in [2.05, 4.69) is 4.99 Å². The molecule has 0 saturated heterocycles. The van der Waals surface area contributed by atoms with Crippen LogP contribution in [-0.4, -0.2) is 22.2 Å². The van der Waals surface area contributed by atoms with Crippen LogP contribution in [0.1, 0.15) is 31.0 Å². The van der Waals surface area contributed by atoms with Gasteiger partial charge >= 0.3 is 5.97 Å². The second-order valence-corrected chi connectivity index (χ2v) is 9.47. The van der Waals surface area contributed by atoms with Gasteiger partial charge in [0.15, 0.2) is 4.80 Å². The fourth-order valence-corrected chi connectivity index (χ4v) is 5.26. The molecule has 0 aliphatic carbocycles. The van der Waals surface area contributed by atoms with Crippen molar-refractivity contribution in [3.8, 4) is 5.75 Å². The van der Waals surface area contributed by atoms with Crippen molar-refractivity contribution in [1.82, 2.24) is 4.57 Å².